The minimum Gasteiger partial charge on any atom is -0.386 e. The van der Waals surface area contributed by atoms with Crippen molar-refractivity contribution in [2.24, 2.45) is 10.9 Å². The standard InChI is InChI=1S/C23H30ClN3O2/c1-2-25-23(26-14-22(28)20-8-10-21(24)11-9-20)27-13-12-19(15-27)17-29-16-18-6-4-3-5-7-18/h3-11,19,22,28H,2,12-17H2,1H3,(H,25,26). The Kier molecular flexibility index (Phi) is 8.35. The summed E-state index contributed by atoms with van der Waals surface area (Å²) in [7, 11) is 0. The topological polar surface area (TPSA) is 57.1 Å². The van der Waals surface area contributed by atoms with Gasteiger partial charge in [-0.1, -0.05) is 54.1 Å². The van der Waals surface area contributed by atoms with Crippen molar-refractivity contribution in [3.05, 3.63) is 70.7 Å². The number of likely N-dealkylation sites (tertiary alicyclic amines) is 1. The Labute approximate surface area is 178 Å². The van der Waals surface area contributed by atoms with Crippen LogP contribution in [0.15, 0.2) is 59.6 Å². The van der Waals surface area contributed by atoms with Crippen molar-refractivity contribution in [3.8, 4) is 0 Å². The summed E-state index contributed by atoms with van der Waals surface area (Å²) in [6, 6.07) is 17.5. The molecule has 2 aromatic rings. The van der Waals surface area contributed by atoms with Crippen molar-refractivity contribution < 1.29 is 9.84 Å². The Balaban J connectivity index is 1.49. The van der Waals surface area contributed by atoms with E-state index in [0.29, 0.717) is 24.1 Å². The number of nitrogens with zero attached hydrogens (tertiary/aromatic N) is 2. The molecule has 2 unspecified atom stereocenters. The second-order valence-corrected chi connectivity index (χ2v) is 7.80. The van der Waals surface area contributed by atoms with Gasteiger partial charge in [-0.3, -0.25) is 4.99 Å². The largest absolute Gasteiger partial charge is 0.386 e. The third-order valence-electron chi connectivity index (χ3n) is 5.05. The molecule has 1 fully saturated rings. The van der Waals surface area contributed by atoms with Crippen molar-refractivity contribution in [1.82, 2.24) is 10.2 Å². The van der Waals surface area contributed by atoms with E-state index >= 15 is 0 Å². The van der Waals surface area contributed by atoms with Crippen LogP contribution in [0, 0.1) is 5.92 Å². The highest BCUT2D eigenvalue weighted by Gasteiger charge is 2.25. The lowest BCUT2D eigenvalue weighted by atomic mass is 10.1. The smallest absolute Gasteiger partial charge is 0.194 e. The minimum atomic E-state index is -0.645. The van der Waals surface area contributed by atoms with E-state index in [1.807, 2.05) is 30.3 Å². The number of ether oxygens (including phenoxy) is 1. The lowest BCUT2D eigenvalue weighted by Crippen LogP contribution is -2.40. The molecule has 0 aliphatic carbocycles. The zero-order valence-corrected chi connectivity index (χ0v) is 17.7. The monoisotopic (exact) mass is 415 g/mol. The van der Waals surface area contributed by atoms with Gasteiger partial charge in [0.15, 0.2) is 5.96 Å². The molecular weight excluding hydrogens is 386 g/mol. The van der Waals surface area contributed by atoms with Crippen LogP contribution >= 0.6 is 11.6 Å². The van der Waals surface area contributed by atoms with Crippen LogP contribution in [0.3, 0.4) is 0 Å². The Morgan fingerprint density at radius 3 is 2.72 bits per heavy atom. The fourth-order valence-electron chi connectivity index (χ4n) is 3.47. The van der Waals surface area contributed by atoms with E-state index in [4.69, 9.17) is 16.3 Å². The second kappa shape index (κ2) is 11.2. The number of benzene rings is 2. The van der Waals surface area contributed by atoms with Gasteiger partial charge < -0.3 is 20.1 Å². The fourth-order valence-corrected chi connectivity index (χ4v) is 3.59. The van der Waals surface area contributed by atoms with E-state index in [1.165, 1.54) is 5.56 Å². The summed E-state index contributed by atoms with van der Waals surface area (Å²) in [6.45, 7) is 6.43. The van der Waals surface area contributed by atoms with Gasteiger partial charge in [0.05, 0.1) is 25.9 Å². The van der Waals surface area contributed by atoms with Crippen LogP contribution in [0.1, 0.15) is 30.6 Å². The zero-order valence-electron chi connectivity index (χ0n) is 16.9. The molecule has 6 heteroatoms. The molecule has 2 N–H and O–H groups in total. The van der Waals surface area contributed by atoms with Gasteiger partial charge in [0.2, 0.25) is 0 Å². The molecule has 0 spiro atoms. The van der Waals surface area contributed by atoms with Gasteiger partial charge in [-0.2, -0.15) is 0 Å². The lowest BCUT2D eigenvalue weighted by molar-refractivity contribution is 0.0906. The number of hydrogen-bond donors (Lipinski definition) is 2. The normalized spacial score (nSPS) is 18.1. The first-order valence-electron chi connectivity index (χ1n) is 10.2. The van der Waals surface area contributed by atoms with Crippen molar-refractivity contribution in [2.75, 3.05) is 32.8 Å². The number of guanidine groups is 1. The third-order valence-corrected chi connectivity index (χ3v) is 5.31. The van der Waals surface area contributed by atoms with Crippen molar-refractivity contribution in [1.29, 1.82) is 0 Å². The maximum atomic E-state index is 10.4. The van der Waals surface area contributed by atoms with Crippen LogP contribution in [0.2, 0.25) is 5.02 Å². The van der Waals surface area contributed by atoms with Crippen molar-refractivity contribution >= 4 is 17.6 Å². The van der Waals surface area contributed by atoms with E-state index in [9.17, 15) is 5.11 Å². The Bertz CT molecular complexity index is 767. The van der Waals surface area contributed by atoms with Crippen LogP contribution < -0.4 is 5.32 Å². The summed E-state index contributed by atoms with van der Waals surface area (Å²) in [5.41, 5.74) is 2.02. The Hall–Kier alpha value is -2.08. The number of rotatable bonds is 8. The minimum absolute atomic E-state index is 0.315. The molecular formula is C23H30ClN3O2. The predicted molar refractivity (Wildman–Crippen MR) is 118 cm³/mol. The van der Waals surface area contributed by atoms with Gasteiger partial charge in [-0.05, 0) is 36.6 Å². The van der Waals surface area contributed by atoms with Crippen LogP contribution in [0.5, 0.6) is 0 Å². The summed E-state index contributed by atoms with van der Waals surface area (Å²) in [5, 5.41) is 14.4. The van der Waals surface area contributed by atoms with Gasteiger partial charge in [0.1, 0.15) is 0 Å². The van der Waals surface area contributed by atoms with Crippen molar-refractivity contribution in [3.63, 3.8) is 0 Å². The van der Waals surface area contributed by atoms with Gasteiger partial charge in [-0.25, -0.2) is 0 Å². The lowest BCUT2D eigenvalue weighted by Gasteiger charge is -2.22. The SMILES string of the molecule is CCNC(=NCC(O)c1ccc(Cl)cc1)N1CCC(COCc2ccccc2)C1. The highest BCUT2D eigenvalue weighted by Crippen LogP contribution is 2.19. The van der Waals surface area contributed by atoms with E-state index in [0.717, 1.165) is 44.2 Å². The quantitative estimate of drug-likeness (QED) is 0.507. The predicted octanol–water partition coefficient (Wildman–Crippen LogP) is 3.88. The summed E-state index contributed by atoms with van der Waals surface area (Å²) in [4.78, 5) is 6.92. The molecule has 156 valence electrons. The van der Waals surface area contributed by atoms with Gasteiger partial charge in [0.25, 0.3) is 0 Å². The molecule has 3 rings (SSSR count). The molecule has 5 nitrogen and oxygen atoms in total. The highest BCUT2D eigenvalue weighted by atomic mass is 35.5. The fraction of sp³-hybridized carbons (Fsp3) is 0.435. The number of aliphatic hydroxyl groups excluding tert-OH is 1. The molecule has 1 heterocycles. The first-order valence-corrected chi connectivity index (χ1v) is 10.6. The van der Waals surface area contributed by atoms with Crippen LogP contribution in [-0.2, 0) is 11.3 Å². The maximum absolute atomic E-state index is 10.4. The molecule has 2 atom stereocenters. The molecule has 0 aromatic heterocycles. The molecule has 0 radical (unpaired) electrons. The number of aliphatic hydroxyl groups is 1. The van der Waals surface area contributed by atoms with Gasteiger partial charge >= 0.3 is 0 Å². The maximum Gasteiger partial charge on any atom is 0.194 e. The van der Waals surface area contributed by atoms with Crippen molar-refractivity contribution in [2.45, 2.75) is 26.1 Å². The van der Waals surface area contributed by atoms with E-state index in [1.54, 1.807) is 12.1 Å². The average molecular weight is 416 g/mol. The summed E-state index contributed by atoms with van der Waals surface area (Å²) < 4.78 is 5.92. The number of halogens is 1. The summed E-state index contributed by atoms with van der Waals surface area (Å²) in [5.74, 6) is 1.34. The molecule has 0 amide bonds. The molecule has 1 aliphatic rings. The van der Waals surface area contributed by atoms with Crippen LogP contribution in [0.4, 0.5) is 0 Å². The Morgan fingerprint density at radius 1 is 1.24 bits per heavy atom. The van der Waals surface area contributed by atoms with Crippen LogP contribution in [0.25, 0.3) is 0 Å². The second-order valence-electron chi connectivity index (χ2n) is 7.36. The van der Waals surface area contributed by atoms with Gasteiger partial charge in [0, 0.05) is 30.6 Å². The van der Waals surface area contributed by atoms with E-state index in [2.05, 4.69) is 34.3 Å². The highest BCUT2D eigenvalue weighted by molar-refractivity contribution is 6.30. The molecule has 1 saturated heterocycles. The zero-order chi connectivity index (χ0) is 20.5. The summed E-state index contributed by atoms with van der Waals surface area (Å²) >= 11 is 5.92. The molecule has 29 heavy (non-hydrogen) atoms. The van der Waals surface area contributed by atoms with E-state index in [-0.39, 0.29) is 0 Å². The first-order chi connectivity index (χ1) is 14.2. The molecule has 0 bridgehead atoms. The first kappa shape index (κ1) is 21.6. The van der Waals surface area contributed by atoms with Gasteiger partial charge in [-0.15, -0.1) is 0 Å². The number of aliphatic imine (C=N–C) groups is 1. The summed E-state index contributed by atoms with van der Waals surface area (Å²) in [6.07, 6.45) is 0.437. The van der Waals surface area contributed by atoms with E-state index < -0.39 is 6.10 Å². The van der Waals surface area contributed by atoms with Crippen LogP contribution in [-0.4, -0.2) is 48.8 Å². The number of nitrogens with one attached hydrogen (secondary N) is 1. The molecule has 1 aliphatic heterocycles. The Morgan fingerprint density at radius 2 is 2.00 bits per heavy atom. The third kappa shape index (κ3) is 6.74. The molecule has 2 aromatic carbocycles. The average Bonchev–Trinajstić information content (AvgIpc) is 3.21. The number of hydrogen-bond acceptors (Lipinski definition) is 3. The molecule has 0 saturated carbocycles.